The van der Waals surface area contributed by atoms with Gasteiger partial charge in [-0.15, -0.1) is 11.6 Å². The van der Waals surface area contributed by atoms with Crippen molar-refractivity contribution in [3.8, 4) is 11.5 Å². The van der Waals surface area contributed by atoms with Crippen LogP contribution in [0.2, 0.25) is 0 Å². The lowest BCUT2D eigenvalue weighted by atomic mass is 9.99. The normalized spacial score (nSPS) is 18.7. The molecule has 1 aliphatic heterocycles. The number of hydrogen-bond donors (Lipinski definition) is 0. The largest absolute Gasteiger partial charge is 0.493 e. The molecule has 0 aliphatic carbocycles. The summed E-state index contributed by atoms with van der Waals surface area (Å²) >= 11 is 5.77. The molecule has 1 aromatic carbocycles. The molecule has 4 nitrogen and oxygen atoms in total. The SMILES string of the molecule is COc1cc2c(cc1OC)CC(C=O)N(CCCCl)CC2. The second-order valence-electron chi connectivity index (χ2n) is 5.21. The van der Waals surface area contributed by atoms with Gasteiger partial charge < -0.3 is 14.3 Å². The number of alkyl halides is 1. The van der Waals surface area contributed by atoms with Crippen LogP contribution in [0.15, 0.2) is 12.1 Å². The summed E-state index contributed by atoms with van der Waals surface area (Å²) in [5.74, 6) is 2.08. The Morgan fingerprint density at radius 2 is 1.95 bits per heavy atom. The number of fused-ring (bicyclic) bond motifs is 1. The van der Waals surface area contributed by atoms with E-state index < -0.39 is 0 Å². The first-order valence-electron chi connectivity index (χ1n) is 7.22. The van der Waals surface area contributed by atoms with Crippen LogP contribution in [0.5, 0.6) is 11.5 Å². The minimum atomic E-state index is -0.0902. The van der Waals surface area contributed by atoms with E-state index in [1.807, 2.05) is 12.1 Å². The van der Waals surface area contributed by atoms with Gasteiger partial charge in [0.1, 0.15) is 6.29 Å². The zero-order valence-electron chi connectivity index (χ0n) is 12.6. The Hall–Kier alpha value is -1.26. The van der Waals surface area contributed by atoms with Crippen molar-refractivity contribution < 1.29 is 14.3 Å². The Morgan fingerprint density at radius 1 is 1.29 bits per heavy atom. The van der Waals surface area contributed by atoms with Crippen LogP contribution in [0.1, 0.15) is 17.5 Å². The van der Waals surface area contributed by atoms with Crippen LogP contribution < -0.4 is 9.47 Å². The van der Waals surface area contributed by atoms with Crippen LogP contribution in [-0.4, -0.2) is 50.4 Å². The molecule has 0 N–H and O–H groups in total. The Balaban J connectivity index is 2.27. The van der Waals surface area contributed by atoms with Crippen LogP contribution >= 0.6 is 11.6 Å². The quantitative estimate of drug-likeness (QED) is 0.597. The summed E-state index contributed by atoms with van der Waals surface area (Å²) in [6.07, 6.45) is 3.55. The Bertz CT molecular complexity index is 493. The summed E-state index contributed by atoms with van der Waals surface area (Å²) in [5.41, 5.74) is 2.39. The molecule has 0 fully saturated rings. The van der Waals surface area contributed by atoms with Gasteiger partial charge >= 0.3 is 0 Å². The summed E-state index contributed by atoms with van der Waals surface area (Å²) in [7, 11) is 3.27. The van der Waals surface area contributed by atoms with E-state index in [4.69, 9.17) is 21.1 Å². The number of ether oxygens (including phenoxy) is 2. The average molecular weight is 312 g/mol. The molecule has 5 heteroatoms. The van der Waals surface area contributed by atoms with Gasteiger partial charge in [0, 0.05) is 19.0 Å². The minimum absolute atomic E-state index is 0.0902. The number of nitrogens with zero attached hydrogens (tertiary/aromatic N) is 1. The monoisotopic (exact) mass is 311 g/mol. The van der Waals surface area contributed by atoms with Crippen molar-refractivity contribution in [2.75, 3.05) is 33.2 Å². The molecule has 2 rings (SSSR count). The summed E-state index contributed by atoms with van der Waals surface area (Å²) in [6, 6.07) is 3.93. The van der Waals surface area contributed by atoms with Crippen LogP contribution in [0.3, 0.4) is 0 Å². The highest BCUT2D eigenvalue weighted by Crippen LogP contribution is 2.33. The van der Waals surface area contributed by atoms with E-state index in [-0.39, 0.29) is 6.04 Å². The number of benzene rings is 1. The molecule has 1 atom stereocenters. The predicted octanol–water partition coefficient (Wildman–Crippen LogP) is 2.30. The second-order valence-corrected chi connectivity index (χ2v) is 5.59. The van der Waals surface area contributed by atoms with Crippen LogP contribution in [0.25, 0.3) is 0 Å². The Morgan fingerprint density at radius 3 is 2.52 bits per heavy atom. The van der Waals surface area contributed by atoms with Crippen molar-refractivity contribution in [2.45, 2.75) is 25.3 Å². The van der Waals surface area contributed by atoms with Gasteiger partial charge in [0.05, 0.1) is 20.3 Å². The van der Waals surface area contributed by atoms with E-state index in [1.54, 1.807) is 14.2 Å². The van der Waals surface area contributed by atoms with E-state index in [9.17, 15) is 4.79 Å². The fourth-order valence-corrected chi connectivity index (χ4v) is 2.96. The van der Waals surface area contributed by atoms with Gasteiger partial charge in [0.15, 0.2) is 11.5 Å². The van der Waals surface area contributed by atoms with Crippen molar-refractivity contribution in [3.05, 3.63) is 23.3 Å². The average Bonchev–Trinajstić information content (AvgIpc) is 2.69. The molecule has 1 aromatic rings. The third kappa shape index (κ3) is 3.69. The molecule has 0 radical (unpaired) electrons. The maximum atomic E-state index is 11.4. The van der Waals surface area contributed by atoms with Crippen molar-refractivity contribution in [2.24, 2.45) is 0 Å². The number of carbonyl (C=O) groups excluding carboxylic acids is 1. The van der Waals surface area contributed by atoms with Gasteiger partial charge in [0.2, 0.25) is 0 Å². The zero-order chi connectivity index (χ0) is 15.2. The van der Waals surface area contributed by atoms with Gasteiger partial charge in [-0.05, 0) is 42.5 Å². The first-order chi connectivity index (χ1) is 10.2. The highest BCUT2D eigenvalue weighted by Gasteiger charge is 2.24. The number of hydrogen-bond acceptors (Lipinski definition) is 4. The standard InChI is InChI=1S/C16H22ClNO3/c1-20-15-9-12-4-7-18(6-3-5-17)14(11-19)8-13(12)10-16(15)21-2/h9-11,14H,3-8H2,1-2H3. The molecule has 0 aromatic heterocycles. The summed E-state index contributed by atoms with van der Waals surface area (Å²) < 4.78 is 10.7. The van der Waals surface area contributed by atoms with E-state index in [0.29, 0.717) is 12.3 Å². The van der Waals surface area contributed by atoms with E-state index in [2.05, 4.69) is 4.90 Å². The molecular weight excluding hydrogens is 290 g/mol. The molecule has 116 valence electrons. The molecule has 21 heavy (non-hydrogen) atoms. The van der Waals surface area contributed by atoms with Gasteiger partial charge in [0.25, 0.3) is 0 Å². The molecule has 0 bridgehead atoms. The van der Waals surface area contributed by atoms with Gasteiger partial charge in [-0.3, -0.25) is 4.90 Å². The van der Waals surface area contributed by atoms with Crippen LogP contribution in [-0.2, 0) is 17.6 Å². The third-order valence-electron chi connectivity index (χ3n) is 4.01. The number of rotatable bonds is 6. The lowest BCUT2D eigenvalue weighted by Gasteiger charge is -2.25. The Kier molecular flexibility index (Phi) is 5.88. The lowest BCUT2D eigenvalue weighted by molar-refractivity contribution is -0.112. The zero-order valence-corrected chi connectivity index (χ0v) is 13.4. The van der Waals surface area contributed by atoms with Crippen molar-refractivity contribution >= 4 is 17.9 Å². The summed E-state index contributed by atoms with van der Waals surface area (Å²) in [5, 5.41) is 0. The van der Waals surface area contributed by atoms with Gasteiger partial charge in [-0.25, -0.2) is 0 Å². The molecule has 1 unspecified atom stereocenters. The molecule has 1 aliphatic rings. The van der Waals surface area contributed by atoms with E-state index in [0.717, 1.165) is 49.3 Å². The van der Waals surface area contributed by atoms with Crippen molar-refractivity contribution in [3.63, 3.8) is 0 Å². The van der Waals surface area contributed by atoms with Gasteiger partial charge in [-0.2, -0.15) is 0 Å². The summed E-state index contributed by atoms with van der Waals surface area (Å²) in [6.45, 7) is 1.72. The highest BCUT2D eigenvalue weighted by atomic mass is 35.5. The molecular formula is C16H22ClNO3. The predicted molar refractivity (Wildman–Crippen MR) is 83.7 cm³/mol. The number of carbonyl (C=O) groups is 1. The fraction of sp³-hybridized carbons (Fsp3) is 0.562. The number of aldehydes is 1. The summed E-state index contributed by atoms with van der Waals surface area (Å²) in [4.78, 5) is 13.7. The van der Waals surface area contributed by atoms with Crippen LogP contribution in [0, 0.1) is 0 Å². The van der Waals surface area contributed by atoms with Gasteiger partial charge in [-0.1, -0.05) is 0 Å². The fourth-order valence-electron chi connectivity index (χ4n) is 2.84. The maximum absolute atomic E-state index is 11.4. The van der Waals surface area contributed by atoms with E-state index >= 15 is 0 Å². The minimum Gasteiger partial charge on any atom is -0.493 e. The topological polar surface area (TPSA) is 38.8 Å². The molecule has 0 saturated heterocycles. The smallest absolute Gasteiger partial charge is 0.161 e. The Labute approximate surface area is 131 Å². The second kappa shape index (κ2) is 7.66. The highest BCUT2D eigenvalue weighted by molar-refractivity contribution is 6.17. The molecule has 0 amide bonds. The number of halogens is 1. The van der Waals surface area contributed by atoms with Crippen molar-refractivity contribution in [1.29, 1.82) is 0 Å². The van der Waals surface area contributed by atoms with E-state index in [1.165, 1.54) is 5.56 Å². The molecule has 1 heterocycles. The first kappa shape index (κ1) is 16.1. The van der Waals surface area contributed by atoms with Crippen LogP contribution in [0.4, 0.5) is 0 Å². The molecule has 0 spiro atoms. The number of methoxy groups -OCH3 is 2. The molecule has 0 saturated carbocycles. The maximum Gasteiger partial charge on any atom is 0.161 e. The lowest BCUT2D eigenvalue weighted by Crippen LogP contribution is -2.38. The van der Waals surface area contributed by atoms with Crippen molar-refractivity contribution in [1.82, 2.24) is 4.90 Å². The third-order valence-corrected chi connectivity index (χ3v) is 4.28. The first-order valence-corrected chi connectivity index (χ1v) is 7.76.